The molecule has 0 saturated heterocycles. The highest BCUT2D eigenvalue weighted by atomic mass is 31.2. The maximum Gasteiger partial charge on any atom is 0.306 e. The maximum absolute atomic E-state index is 13.4. The third kappa shape index (κ3) is 48.3. The van der Waals surface area contributed by atoms with Gasteiger partial charge >= 0.3 is 5.97 Å². The monoisotopic (exact) mass is 959 g/mol. The van der Waals surface area contributed by atoms with Crippen LogP contribution >= 0.6 is 7.82 Å². The minimum absolute atomic E-state index is 0.0369. The second-order valence-corrected chi connectivity index (χ2v) is 20.8. The summed E-state index contributed by atoms with van der Waals surface area (Å²) in [5.41, 5.74) is 0. The summed E-state index contributed by atoms with van der Waals surface area (Å²) in [5, 5.41) is 2.96. The van der Waals surface area contributed by atoms with Crippen LogP contribution in [0, 0.1) is 0 Å². The van der Waals surface area contributed by atoms with Crippen molar-refractivity contribution in [1.82, 2.24) is 5.32 Å². The summed E-state index contributed by atoms with van der Waals surface area (Å²) in [6, 6.07) is -0.926. The number of allylic oxidation sites excluding steroid dienone is 11. The molecule has 0 aromatic carbocycles. The summed E-state index contributed by atoms with van der Waals surface area (Å²) in [6.45, 7) is 6.65. The first-order valence-corrected chi connectivity index (χ1v) is 28.7. The minimum atomic E-state index is -4.71. The molecule has 9 nitrogen and oxygen atoms in total. The maximum atomic E-state index is 13.4. The zero-order valence-corrected chi connectivity index (χ0v) is 45.0. The number of nitrogens with one attached hydrogen (secondary N) is 1. The van der Waals surface area contributed by atoms with Crippen molar-refractivity contribution >= 4 is 19.7 Å². The molecule has 1 N–H and O–H groups in total. The van der Waals surface area contributed by atoms with Gasteiger partial charge in [-0.25, -0.2) is 0 Å². The van der Waals surface area contributed by atoms with Crippen molar-refractivity contribution in [3.63, 3.8) is 0 Å². The molecular formula is C57H103N2O7P. The van der Waals surface area contributed by atoms with E-state index in [4.69, 9.17) is 13.8 Å². The van der Waals surface area contributed by atoms with Crippen LogP contribution in [0.1, 0.15) is 226 Å². The van der Waals surface area contributed by atoms with Crippen molar-refractivity contribution in [2.24, 2.45) is 0 Å². The van der Waals surface area contributed by atoms with Gasteiger partial charge in [0.05, 0.1) is 33.8 Å². The smallest absolute Gasteiger partial charge is 0.306 e. The standard InChI is InChI=1S/C57H103N2O7P/c1-7-10-13-16-19-22-25-27-29-30-31-34-37-40-43-46-49-56(60)58-54(53-65-67(62,63)64-52-51-59(4,5)6)55(48-45-42-39-36-33-24-21-18-15-12-9-3)66-57(61)50-47-44-41-38-35-32-28-26-23-20-17-14-11-8-2/h10,13,19,22,27,29,31,34,40,43,45,48,54-55H,7-9,11-12,14-18,20-21,23-26,28,30,32-33,35-39,41-42,44,46-47,49-53H2,1-6H3,(H-,58,60,62,63)/b13-10+,22-19+,29-27+,34-31+,43-40+,48-45+. The van der Waals surface area contributed by atoms with E-state index in [9.17, 15) is 19.0 Å². The van der Waals surface area contributed by atoms with Gasteiger partial charge in [0.1, 0.15) is 19.3 Å². The van der Waals surface area contributed by atoms with Gasteiger partial charge in [-0.3, -0.25) is 14.2 Å². The molecule has 1 amide bonds. The lowest BCUT2D eigenvalue weighted by molar-refractivity contribution is -0.870. The fourth-order valence-electron chi connectivity index (χ4n) is 7.45. The summed E-state index contributed by atoms with van der Waals surface area (Å²) >= 11 is 0. The number of hydrogen-bond acceptors (Lipinski definition) is 7. The Balaban J connectivity index is 5.48. The van der Waals surface area contributed by atoms with Gasteiger partial charge in [-0.1, -0.05) is 222 Å². The molecule has 0 aliphatic rings. The lowest BCUT2D eigenvalue weighted by atomic mass is 10.0. The summed E-state index contributed by atoms with van der Waals surface area (Å²) in [6.07, 6.45) is 58.8. The van der Waals surface area contributed by atoms with E-state index in [0.717, 1.165) is 70.6 Å². The van der Waals surface area contributed by atoms with Crippen LogP contribution in [0.15, 0.2) is 72.9 Å². The highest BCUT2D eigenvalue weighted by molar-refractivity contribution is 7.45. The first-order valence-electron chi connectivity index (χ1n) is 27.2. The normalized spacial score (nSPS) is 14.4. The summed E-state index contributed by atoms with van der Waals surface area (Å²) in [5.74, 6) is -0.638. The fourth-order valence-corrected chi connectivity index (χ4v) is 8.17. The topological polar surface area (TPSA) is 114 Å². The molecule has 0 aromatic heterocycles. The number of rotatable bonds is 48. The van der Waals surface area contributed by atoms with Gasteiger partial charge in [-0.15, -0.1) is 0 Å². The van der Waals surface area contributed by atoms with Crippen LogP contribution in [-0.4, -0.2) is 69.4 Å². The Kier molecular flexibility index (Phi) is 45.3. The van der Waals surface area contributed by atoms with Gasteiger partial charge in [-0.2, -0.15) is 0 Å². The zero-order chi connectivity index (χ0) is 49.4. The Bertz CT molecular complexity index is 1380. The van der Waals surface area contributed by atoms with E-state index in [1.807, 2.05) is 39.4 Å². The van der Waals surface area contributed by atoms with Crippen LogP contribution in [0.25, 0.3) is 0 Å². The molecule has 0 fully saturated rings. The van der Waals surface area contributed by atoms with E-state index in [-0.39, 0.29) is 31.3 Å². The minimum Gasteiger partial charge on any atom is -0.756 e. The molecule has 10 heteroatoms. The molecular weight excluding hydrogens is 856 g/mol. The highest BCUT2D eigenvalue weighted by Gasteiger charge is 2.27. The Morgan fingerprint density at radius 1 is 0.537 bits per heavy atom. The number of nitrogens with zero attached hydrogens (tertiary/aromatic N) is 1. The van der Waals surface area contributed by atoms with E-state index in [1.54, 1.807) is 6.08 Å². The number of carbonyl (C=O) groups excluding carboxylic acids is 2. The van der Waals surface area contributed by atoms with Crippen LogP contribution in [0.3, 0.4) is 0 Å². The molecule has 0 heterocycles. The number of quaternary nitrogens is 1. The average Bonchev–Trinajstić information content (AvgIpc) is 3.28. The van der Waals surface area contributed by atoms with Crippen molar-refractivity contribution < 1.29 is 37.3 Å². The van der Waals surface area contributed by atoms with Crippen molar-refractivity contribution in [3.8, 4) is 0 Å². The number of phosphoric ester groups is 1. The quantitative estimate of drug-likeness (QED) is 0.0212. The summed E-state index contributed by atoms with van der Waals surface area (Å²) in [7, 11) is 1.14. The molecule has 3 atom stereocenters. The fraction of sp³-hybridized carbons (Fsp3) is 0.754. The lowest BCUT2D eigenvalue weighted by Crippen LogP contribution is -2.47. The van der Waals surface area contributed by atoms with Gasteiger partial charge in [-0.05, 0) is 63.9 Å². The predicted molar refractivity (Wildman–Crippen MR) is 284 cm³/mol. The number of likely N-dealkylation sites (N-methyl/N-ethyl adjacent to an activating group) is 1. The molecule has 0 bridgehead atoms. The van der Waals surface area contributed by atoms with Gasteiger partial charge in [0.15, 0.2) is 0 Å². The number of phosphoric acid groups is 1. The molecule has 0 aliphatic carbocycles. The van der Waals surface area contributed by atoms with Crippen molar-refractivity contribution in [1.29, 1.82) is 0 Å². The number of amides is 1. The Morgan fingerprint density at radius 2 is 0.970 bits per heavy atom. The first-order chi connectivity index (χ1) is 32.4. The summed E-state index contributed by atoms with van der Waals surface area (Å²) in [4.78, 5) is 39.7. The number of unbranched alkanes of at least 4 members (excludes halogenated alkanes) is 22. The molecule has 0 rings (SSSR count). The van der Waals surface area contributed by atoms with E-state index < -0.39 is 26.6 Å². The van der Waals surface area contributed by atoms with E-state index >= 15 is 0 Å². The Morgan fingerprint density at radius 3 is 1.43 bits per heavy atom. The van der Waals surface area contributed by atoms with Crippen LogP contribution in [0.2, 0.25) is 0 Å². The number of esters is 1. The third-order valence-corrected chi connectivity index (χ3v) is 12.6. The molecule has 0 aromatic rings. The van der Waals surface area contributed by atoms with Crippen LogP contribution in [-0.2, 0) is 27.9 Å². The van der Waals surface area contributed by atoms with E-state index in [1.165, 1.54) is 116 Å². The molecule has 0 radical (unpaired) electrons. The second kappa shape index (κ2) is 47.1. The van der Waals surface area contributed by atoms with Crippen molar-refractivity contribution in [2.45, 2.75) is 238 Å². The SMILES string of the molecule is CC/C=C/C/C=C/C/C=C/C/C=C/C/C=C/CCC(=O)NC(COP(=O)([O-])OCC[N+](C)(C)C)C(/C=C/CCCCCCCCCCC)OC(=O)CCCCCCCCCCCCCCCC. The van der Waals surface area contributed by atoms with Crippen molar-refractivity contribution in [2.75, 3.05) is 40.9 Å². The summed E-state index contributed by atoms with van der Waals surface area (Å²) < 4.78 is 30.1. The Hall–Kier alpha value is -2.55. The third-order valence-electron chi connectivity index (χ3n) is 11.7. The van der Waals surface area contributed by atoms with Gasteiger partial charge in [0, 0.05) is 12.8 Å². The first kappa shape index (κ1) is 64.5. The molecule has 67 heavy (non-hydrogen) atoms. The van der Waals surface area contributed by atoms with Crippen LogP contribution in [0.5, 0.6) is 0 Å². The number of carbonyl (C=O) groups is 2. The van der Waals surface area contributed by atoms with Gasteiger partial charge in [0.2, 0.25) is 5.91 Å². The largest absolute Gasteiger partial charge is 0.756 e. The van der Waals surface area contributed by atoms with Crippen LogP contribution < -0.4 is 10.2 Å². The zero-order valence-electron chi connectivity index (χ0n) is 44.1. The van der Waals surface area contributed by atoms with E-state index in [2.05, 4.69) is 74.7 Å². The second-order valence-electron chi connectivity index (χ2n) is 19.4. The average molecular weight is 959 g/mol. The molecule has 3 unspecified atom stereocenters. The van der Waals surface area contributed by atoms with Crippen molar-refractivity contribution in [3.05, 3.63) is 72.9 Å². The van der Waals surface area contributed by atoms with Gasteiger partial charge in [0.25, 0.3) is 7.82 Å². The number of hydrogen-bond donors (Lipinski definition) is 1. The molecule has 388 valence electrons. The molecule has 0 spiro atoms. The van der Waals surface area contributed by atoms with E-state index in [0.29, 0.717) is 17.4 Å². The van der Waals surface area contributed by atoms with Crippen LogP contribution in [0.4, 0.5) is 0 Å². The Labute approximate surface area is 413 Å². The van der Waals surface area contributed by atoms with Gasteiger partial charge < -0.3 is 28.5 Å². The lowest BCUT2D eigenvalue weighted by Gasteiger charge is -2.30. The molecule has 0 saturated carbocycles. The molecule has 0 aliphatic heterocycles. The highest BCUT2D eigenvalue weighted by Crippen LogP contribution is 2.38. The number of ether oxygens (including phenoxy) is 1. The predicted octanol–water partition coefficient (Wildman–Crippen LogP) is 15.5.